The quantitative estimate of drug-likeness (QED) is 0.278. The third-order valence-electron chi connectivity index (χ3n) is 13.1. The van der Waals surface area contributed by atoms with Crippen LogP contribution < -0.4 is 0 Å². The van der Waals surface area contributed by atoms with Gasteiger partial charge in [0.2, 0.25) is 0 Å². The molecule has 0 atom stereocenters. The molecule has 0 spiro atoms. The summed E-state index contributed by atoms with van der Waals surface area (Å²) >= 11 is 0. The average molecular weight is 564 g/mol. The van der Waals surface area contributed by atoms with Crippen LogP contribution in [-0.4, -0.2) is 64.9 Å². The van der Waals surface area contributed by atoms with E-state index in [-0.39, 0.29) is 0 Å². The molecule has 30 heavy (non-hydrogen) atoms. The minimum atomic E-state index is -1.80. The predicted molar refractivity (Wildman–Crippen MR) is 169 cm³/mol. The van der Waals surface area contributed by atoms with Crippen LogP contribution in [0.2, 0.25) is 124 Å². The second kappa shape index (κ2) is 8.28. The van der Waals surface area contributed by atoms with Gasteiger partial charge in [-0.15, -0.1) is 0 Å². The lowest BCUT2D eigenvalue weighted by Gasteiger charge is -2.66. The molecular weight excluding hydrogens is 507 g/mol. The van der Waals surface area contributed by atoms with Gasteiger partial charge < -0.3 is 0 Å². The van der Waals surface area contributed by atoms with E-state index in [1.54, 1.807) is 0 Å². The standard InChI is InChI=1S/C20H57NSi9/c1-22(2,3)24(6,7)26(10,11)28(14,15)30(18,19)29(16,17)27(12,13)25(8,9)23(4,5)20-21/h1-19H3. The monoisotopic (exact) mass is 563 g/mol. The van der Waals surface area contributed by atoms with Gasteiger partial charge in [0.05, 0.1) is 7.11 Å². The zero-order valence-electron chi connectivity index (χ0n) is 24.4. The molecule has 0 aliphatic carbocycles. The molecule has 0 aliphatic rings. The maximum atomic E-state index is 10.2. The molecule has 0 aromatic carbocycles. The zero-order chi connectivity index (χ0) is 25.2. The van der Waals surface area contributed by atoms with E-state index in [0.717, 1.165) is 0 Å². The van der Waals surface area contributed by atoms with Gasteiger partial charge in [-0.3, -0.25) is 0 Å². The summed E-state index contributed by atoms with van der Waals surface area (Å²) in [5.74, 6) is 0. The minimum absolute atomic E-state index is 1.13. The molecule has 0 rings (SSSR count). The van der Waals surface area contributed by atoms with E-state index in [1.165, 1.54) is 0 Å². The fraction of sp³-hybridized carbons (Fsp3) is 0.950. The fourth-order valence-corrected chi connectivity index (χ4v) is 273. The van der Waals surface area contributed by atoms with Crippen LogP contribution in [0.5, 0.6) is 0 Å². The second-order valence-corrected chi connectivity index (χ2v) is 117. The van der Waals surface area contributed by atoms with Gasteiger partial charge in [0.1, 0.15) is 0 Å². The molecule has 1 nitrogen and oxygen atoms in total. The maximum Gasteiger partial charge on any atom is 0.155 e. The lowest BCUT2D eigenvalue weighted by Crippen LogP contribution is -2.93. The Labute approximate surface area is 199 Å². The van der Waals surface area contributed by atoms with Crippen molar-refractivity contribution in [2.75, 3.05) is 0 Å². The molecule has 178 valence electrons. The molecule has 0 heterocycles. The third-order valence-corrected chi connectivity index (χ3v) is 210. The van der Waals surface area contributed by atoms with Gasteiger partial charge in [-0.2, -0.15) is 0 Å². The molecule has 0 unspecified atom stereocenters. The largest absolute Gasteiger partial charge is 0.207 e. The number of hydrogen-bond acceptors (Lipinski definition) is 1. The Morgan fingerprint density at radius 3 is 0.733 bits per heavy atom. The Hall–Kier alpha value is 1.44. The Bertz CT molecular complexity index is 690. The molecule has 0 saturated carbocycles. The van der Waals surface area contributed by atoms with Gasteiger partial charge in [0.15, 0.2) is 7.59 Å². The highest BCUT2D eigenvalue weighted by molar-refractivity contribution is 8.05. The highest BCUT2D eigenvalue weighted by Crippen LogP contribution is 2.46. The molecule has 0 fully saturated rings. The van der Waals surface area contributed by atoms with Crippen molar-refractivity contribution in [1.82, 2.24) is 0 Å². The smallest absolute Gasteiger partial charge is 0.155 e. The first-order chi connectivity index (χ1) is 12.6. The van der Waals surface area contributed by atoms with Crippen molar-refractivity contribution in [3.8, 4) is 5.69 Å². The number of rotatable bonds is 8. The van der Waals surface area contributed by atoms with E-state index in [2.05, 4.69) is 130 Å². The molecule has 0 aliphatic heterocycles. The summed E-state index contributed by atoms with van der Waals surface area (Å²) in [6, 6.07) is 0. The lowest BCUT2D eigenvalue weighted by molar-refractivity contribution is 1.54. The van der Waals surface area contributed by atoms with Crippen LogP contribution in [0.15, 0.2) is 0 Å². The minimum Gasteiger partial charge on any atom is -0.207 e. The molecule has 0 saturated heterocycles. The third kappa shape index (κ3) is 4.08. The lowest BCUT2D eigenvalue weighted by atomic mass is 11.7. The van der Waals surface area contributed by atoms with Crippen molar-refractivity contribution >= 4 is 64.9 Å². The molecular formula is C20H57NSi9. The SMILES string of the molecule is C[Si](C)(C)[Si](C)(C)[Si](C)(C)[Si](C)(C)[Si](C)(C)[Si](C)(C)[Si](C)(C)[Si](C)(C)[Si](C)(C)C#N. The topological polar surface area (TPSA) is 23.8 Å². The predicted octanol–water partition coefficient (Wildman–Crippen LogP) is 7.68. The van der Waals surface area contributed by atoms with Crippen molar-refractivity contribution in [2.24, 2.45) is 0 Å². The average Bonchev–Trinajstić information content (AvgIpc) is 2.52. The summed E-state index contributed by atoms with van der Waals surface area (Å²) in [4.78, 5) is 0. The number of nitriles is 1. The Kier molecular flexibility index (Phi) is 8.68. The van der Waals surface area contributed by atoms with Crippen LogP contribution in [0, 0.1) is 11.0 Å². The Morgan fingerprint density at radius 2 is 0.533 bits per heavy atom. The van der Waals surface area contributed by atoms with Crippen molar-refractivity contribution in [2.45, 2.75) is 124 Å². The maximum absolute atomic E-state index is 10.2. The first kappa shape index (κ1) is 31.4. The van der Waals surface area contributed by atoms with E-state index in [1.807, 2.05) is 0 Å². The van der Waals surface area contributed by atoms with Crippen LogP contribution in [0.4, 0.5) is 0 Å². The molecule has 0 N–H and O–H groups in total. The van der Waals surface area contributed by atoms with Gasteiger partial charge in [0, 0.05) is 55.9 Å². The summed E-state index contributed by atoms with van der Waals surface area (Å²) in [5.41, 5.74) is 2.93. The van der Waals surface area contributed by atoms with Crippen LogP contribution in [0.1, 0.15) is 0 Å². The van der Waals surface area contributed by atoms with E-state index in [4.69, 9.17) is 0 Å². The first-order valence-electron chi connectivity index (χ1n) is 12.0. The Morgan fingerprint density at radius 1 is 0.333 bits per heavy atom. The summed E-state index contributed by atoms with van der Waals surface area (Å²) in [6.45, 7) is 52.4. The summed E-state index contributed by atoms with van der Waals surface area (Å²) < 4.78 is 0. The molecule has 0 amide bonds. The summed E-state index contributed by atoms with van der Waals surface area (Å²) in [5, 5.41) is 10.2. The van der Waals surface area contributed by atoms with E-state index in [0.29, 0.717) is 0 Å². The van der Waals surface area contributed by atoms with Crippen LogP contribution in [-0.2, 0) is 0 Å². The molecule has 0 radical (unpaired) electrons. The van der Waals surface area contributed by atoms with E-state index < -0.39 is 64.9 Å². The normalized spacial score (nSPS) is 16.5. The van der Waals surface area contributed by atoms with Crippen LogP contribution >= 0.6 is 0 Å². The van der Waals surface area contributed by atoms with Crippen molar-refractivity contribution in [3.63, 3.8) is 0 Å². The van der Waals surface area contributed by atoms with Gasteiger partial charge in [0.25, 0.3) is 0 Å². The second-order valence-electron chi connectivity index (χ2n) is 15.4. The van der Waals surface area contributed by atoms with E-state index in [9.17, 15) is 5.26 Å². The molecule has 10 heteroatoms. The summed E-state index contributed by atoms with van der Waals surface area (Å²) in [7, 11) is -12.7. The van der Waals surface area contributed by atoms with Gasteiger partial charge >= 0.3 is 0 Å². The van der Waals surface area contributed by atoms with Gasteiger partial charge in [-0.1, -0.05) is 124 Å². The molecule has 0 aromatic heterocycles. The summed E-state index contributed by atoms with van der Waals surface area (Å²) in [6.07, 6.45) is 0. The van der Waals surface area contributed by atoms with Crippen LogP contribution in [0.3, 0.4) is 0 Å². The van der Waals surface area contributed by atoms with E-state index >= 15 is 0 Å². The fourth-order valence-electron chi connectivity index (χ4n) is 5.76. The van der Waals surface area contributed by atoms with Crippen molar-refractivity contribution in [3.05, 3.63) is 0 Å². The highest BCUT2D eigenvalue weighted by atomic mass is 30.1. The van der Waals surface area contributed by atoms with Gasteiger partial charge in [-0.05, 0) is 0 Å². The van der Waals surface area contributed by atoms with Crippen molar-refractivity contribution < 1.29 is 0 Å². The zero-order valence-corrected chi connectivity index (χ0v) is 33.4. The molecule has 0 aromatic rings. The van der Waals surface area contributed by atoms with Crippen molar-refractivity contribution in [1.29, 1.82) is 5.26 Å². The Balaban J connectivity index is 6.90. The first-order valence-corrected chi connectivity index (χ1v) is 47.5. The highest BCUT2D eigenvalue weighted by Gasteiger charge is 2.70. The number of hydrogen-bond donors (Lipinski definition) is 0. The van der Waals surface area contributed by atoms with Crippen LogP contribution in [0.25, 0.3) is 0 Å². The number of nitrogens with zero attached hydrogens (tertiary/aromatic N) is 1. The molecule has 0 bridgehead atoms. The van der Waals surface area contributed by atoms with Gasteiger partial charge in [-0.25, -0.2) is 5.26 Å².